The van der Waals surface area contributed by atoms with Gasteiger partial charge in [-0.15, -0.1) is 0 Å². The SMILES string of the molecule is Cc1cc(C(N)=O)c(C(F)F)o1. The van der Waals surface area contributed by atoms with Crippen LogP contribution in [-0.2, 0) is 0 Å². The number of primary amides is 1. The normalized spacial score (nSPS) is 10.7. The summed E-state index contributed by atoms with van der Waals surface area (Å²) in [5.74, 6) is -1.30. The minimum Gasteiger partial charge on any atom is -0.459 e. The van der Waals surface area contributed by atoms with E-state index in [1.807, 2.05) is 0 Å². The van der Waals surface area contributed by atoms with Crippen LogP contribution in [0.5, 0.6) is 0 Å². The average Bonchev–Trinajstić information content (AvgIpc) is 2.31. The van der Waals surface area contributed by atoms with Gasteiger partial charge in [0.2, 0.25) is 0 Å². The van der Waals surface area contributed by atoms with E-state index in [0.717, 1.165) is 0 Å². The Bertz CT molecular complexity index is 306. The molecule has 0 unspecified atom stereocenters. The average molecular weight is 175 g/mol. The molecular weight excluding hydrogens is 168 g/mol. The second-order valence-corrected chi connectivity index (χ2v) is 2.30. The van der Waals surface area contributed by atoms with Gasteiger partial charge in [0.15, 0.2) is 5.76 Å². The maximum Gasteiger partial charge on any atom is 0.296 e. The molecule has 0 aromatic carbocycles. The van der Waals surface area contributed by atoms with Gasteiger partial charge in [-0.3, -0.25) is 4.79 Å². The number of halogens is 2. The van der Waals surface area contributed by atoms with Crippen LogP contribution in [0, 0.1) is 6.92 Å². The lowest BCUT2D eigenvalue weighted by atomic mass is 10.2. The van der Waals surface area contributed by atoms with Crippen LogP contribution in [0.15, 0.2) is 10.5 Å². The maximum atomic E-state index is 12.1. The van der Waals surface area contributed by atoms with Gasteiger partial charge in [-0.05, 0) is 13.0 Å². The zero-order valence-electron chi connectivity index (χ0n) is 6.30. The third-order valence-electron chi connectivity index (χ3n) is 1.35. The standard InChI is InChI=1S/C7H7F2NO2/c1-3-2-4(7(10)11)5(12-3)6(8)9/h2,6H,1H3,(H2,10,11). The van der Waals surface area contributed by atoms with Crippen molar-refractivity contribution in [3.8, 4) is 0 Å². The first kappa shape index (κ1) is 8.70. The van der Waals surface area contributed by atoms with E-state index in [4.69, 9.17) is 5.73 Å². The highest BCUT2D eigenvalue weighted by molar-refractivity contribution is 5.94. The monoisotopic (exact) mass is 175 g/mol. The van der Waals surface area contributed by atoms with Crippen LogP contribution in [0.2, 0.25) is 0 Å². The van der Waals surface area contributed by atoms with Crippen LogP contribution in [0.25, 0.3) is 0 Å². The van der Waals surface area contributed by atoms with E-state index in [2.05, 4.69) is 4.42 Å². The highest BCUT2D eigenvalue weighted by Gasteiger charge is 2.21. The fourth-order valence-electron chi connectivity index (χ4n) is 0.887. The Morgan fingerprint density at radius 1 is 1.67 bits per heavy atom. The van der Waals surface area contributed by atoms with Crippen molar-refractivity contribution in [2.45, 2.75) is 13.3 Å². The van der Waals surface area contributed by atoms with E-state index in [-0.39, 0.29) is 11.3 Å². The van der Waals surface area contributed by atoms with Crippen LogP contribution in [0.1, 0.15) is 28.3 Å². The molecule has 66 valence electrons. The van der Waals surface area contributed by atoms with Gasteiger partial charge in [0.1, 0.15) is 5.76 Å². The number of carbonyl (C=O) groups is 1. The van der Waals surface area contributed by atoms with Gasteiger partial charge in [-0.25, -0.2) is 8.78 Å². The Morgan fingerprint density at radius 3 is 2.58 bits per heavy atom. The molecule has 0 aliphatic rings. The molecule has 1 rings (SSSR count). The maximum absolute atomic E-state index is 12.1. The molecule has 0 aliphatic heterocycles. The molecule has 1 heterocycles. The minimum absolute atomic E-state index is 0.248. The highest BCUT2D eigenvalue weighted by atomic mass is 19.3. The van der Waals surface area contributed by atoms with Crippen molar-refractivity contribution in [2.24, 2.45) is 5.73 Å². The van der Waals surface area contributed by atoms with Crippen LogP contribution < -0.4 is 5.73 Å². The number of rotatable bonds is 2. The number of amides is 1. The summed E-state index contributed by atoms with van der Waals surface area (Å²) in [6.07, 6.45) is -2.80. The lowest BCUT2D eigenvalue weighted by Crippen LogP contribution is -2.12. The third-order valence-corrected chi connectivity index (χ3v) is 1.35. The molecule has 0 fully saturated rings. The summed E-state index contributed by atoms with van der Waals surface area (Å²) in [6.45, 7) is 1.47. The number of alkyl halides is 2. The van der Waals surface area contributed by atoms with Crippen molar-refractivity contribution in [1.29, 1.82) is 0 Å². The molecule has 5 heteroatoms. The number of nitrogens with two attached hydrogens (primary N) is 1. The predicted molar refractivity (Wildman–Crippen MR) is 36.9 cm³/mol. The van der Waals surface area contributed by atoms with Gasteiger partial charge in [-0.2, -0.15) is 0 Å². The Hall–Kier alpha value is -1.39. The Kier molecular flexibility index (Phi) is 2.12. The van der Waals surface area contributed by atoms with E-state index < -0.39 is 18.1 Å². The molecule has 0 aliphatic carbocycles. The first-order chi connectivity index (χ1) is 5.52. The lowest BCUT2D eigenvalue weighted by Gasteiger charge is -1.95. The van der Waals surface area contributed by atoms with Crippen molar-refractivity contribution < 1.29 is 18.0 Å². The molecule has 1 aromatic heterocycles. The zero-order chi connectivity index (χ0) is 9.30. The molecule has 0 spiro atoms. The van der Waals surface area contributed by atoms with Gasteiger partial charge < -0.3 is 10.2 Å². The van der Waals surface area contributed by atoms with Gasteiger partial charge in [0.05, 0.1) is 5.56 Å². The number of carbonyl (C=O) groups excluding carboxylic acids is 1. The van der Waals surface area contributed by atoms with Crippen molar-refractivity contribution in [3.63, 3.8) is 0 Å². The van der Waals surface area contributed by atoms with E-state index in [1.54, 1.807) is 0 Å². The molecule has 1 amide bonds. The lowest BCUT2D eigenvalue weighted by molar-refractivity contribution is 0.0962. The number of hydrogen-bond acceptors (Lipinski definition) is 2. The summed E-state index contributed by atoms with van der Waals surface area (Å²) in [5.41, 5.74) is 4.59. The molecule has 0 atom stereocenters. The quantitative estimate of drug-likeness (QED) is 0.742. The molecule has 1 aromatic rings. The zero-order valence-corrected chi connectivity index (χ0v) is 6.30. The molecule has 0 saturated carbocycles. The van der Waals surface area contributed by atoms with E-state index in [0.29, 0.717) is 0 Å². The number of aryl methyl sites for hydroxylation is 1. The molecule has 0 saturated heterocycles. The summed E-state index contributed by atoms with van der Waals surface area (Å²) < 4.78 is 28.8. The largest absolute Gasteiger partial charge is 0.459 e. The van der Waals surface area contributed by atoms with Crippen LogP contribution in [0.3, 0.4) is 0 Å². The first-order valence-corrected chi connectivity index (χ1v) is 3.20. The van der Waals surface area contributed by atoms with Crippen LogP contribution in [0.4, 0.5) is 8.78 Å². The van der Waals surface area contributed by atoms with Gasteiger partial charge in [0.25, 0.3) is 12.3 Å². The van der Waals surface area contributed by atoms with Gasteiger partial charge in [0, 0.05) is 0 Å². The third kappa shape index (κ3) is 1.44. The van der Waals surface area contributed by atoms with E-state index in [1.165, 1.54) is 13.0 Å². The summed E-state index contributed by atoms with van der Waals surface area (Å²) in [5, 5.41) is 0. The number of hydrogen-bond donors (Lipinski definition) is 1. The van der Waals surface area contributed by atoms with Gasteiger partial charge >= 0.3 is 0 Å². The fraction of sp³-hybridized carbons (Fsp3) is 0.286. The second kappa shape index (κ2) is 2.92. The molecular formula is C7H7F2NO2. The molecule has 3 nitrogen and oxygen atoms in total. The smallest absolute Gasteiger partial charge is 0.296 e. The van der Waals surface area contributed by atoms with Crippen molar-refractivity contribution in [3.05, 3.63) is 23.2 Å². The second-order valence-electron chi connectivity index (χ2n) is 2.30. The number of furan rings is 1. The Morgan fingerprint density at radius 2 is 2.25 bits per heavy atom. The Labute approximate surface area is 67.2 Å². The fourth-order valence-corrected chi connectivity index (χ4v) is 0.887. The van der Waals surface area contributed by atoms with Crippen LogP contribution in [-0.4, -0.2) is 5.91 Å². The van der Waals surface area contributed by atoms with Crippen molar-refractivity contribution in [2.75, 3.05) is 0 Å². The molecule has 2 N–H and O–H groups in total. The highest BCUT2D eigenvalue weighted by Crippen LogP contribution is 2.25. The first-order valence-electron chi connectivity index (χ1n) is 3.20. The van der Waals surface area contributed by atoms with Crippen molar-refractivity contribution >= 4 is 5.91 Å². The van der Waals surface area contributed by atoms with E-state index >= 15 is 0 Å². The van der Waals surface area contributed by atoms with Crippen molar-refractivity contribution in [1.82, 2.24) is 0 Å². The predicted octanol–water partition coefficient (Wildman–Crippen LogP) is 1.62. The molecule has 0 radical (unpaired) electrons. The summed E-state index contributed by atoms with van der Waals surface area (Å²) in [4.78, 5) is 10.6. The summed E-state index contributed by atoms with van der Waals surface area (Å²) >= 11 is 0. The molecule has 12 heavy (non-hydrogen) atoms. The van der Waals surface area contributed by atoms with Gasteiger partial charge in [-0.1, -0.05) is 0 Å². The summed E-state index contributed by atoms with van der Waals surface area (Å²) in [7, 11) is 0. The molecule has 0 bridgehead atoms. The van der Waals surface area contributed by atoms with Crippen LogP contribution >= 0.6 is 0 Å². The minimum atomic E-state index is -2.80. The Balaban J connectivity index is 3.17. The topological polar surface area (TPSA) is 56.2 Å². The summed E-state index contributed by atoms with van der Waals surface area (Å²) in [6, 6.07) is 1.20. The van der Waals surface area contributed by atoms with E-state index in [9.17, 15) is 13.6 Å².